The van der Waals surface area contributed by atoms with Crippen LogP contribution in [0, 0.1) is 11.8 Å². The van der Waals surface area contributed by atoms with E-state index in [0.29, 0.717) is 65.9 Å². The highest BCUT2D eigenvalue weighted by molar-refractivity contribution is 5.75. The first-order chi connectivity index (χ1) is 24.6. The Labute approximate surface area is 296 Å². The topological polar surface area (TPSA) is 65.6 Å². The normalized spacial score (nSPS) is 15.7. The Balaban J connectivity index is 0.974. The number of urea groups is 2. The van der Waals surface area contributed by atoms with Gasteiger partial charge in [-0.05, 0) is 35.2 Å². The van der Waals surface area contributed by atoms with Crippen LogP contribution in [-0.4, -0.2) is 94.3 Å². The van der Waals surface area contributed by atoms with Crippen molar-refractivity contribution >= 4 is 12.1 Å². The van der Waals surface area contributed by atoms with E-state index < -0.39 is 0 Å². The summed E-state index contributed by atoms with van der Waals surface area (Å²) in [5, 5.41) is 3.48. The summed E-state index contributed by atoms with van der Waals surface area (Å²) in [4.78, 5) is 39.2. The van der Waals surface area contributed by atoms with Crippen LogP contribution in [0.15, 0.2) is 121 Å². The summed E-state index contributed by atoms with van der Waals surface area (Å²) < 4.78 is 0. The molecule has 0 unspecified atom stereocenters. The van der Waals surface area contributed by atoms with E-state index in [2.05, 4.69) is 75.5 Å². The molecule has 4 amide bonds. The summed E-state index contributed by atoms with van der Waals surface area (Å²) in [6.07, 6.45) is 0.950. The average Bonchev–Trinajstić information content (AvgIpc) is 3.15. The first-order valence-corrected chi connectivity index (χ1v) is 17.5. The van der Waals surface area contributed by atoms with Crippen molar-refractivity contribution in [2.75, 3.05) is 52.9 Å². The quantitative estimate of drug-likeness (QED) is 0.138. The minimum Gasteiger partial charge on any atom is -0.307 e. The van der Waals surface area contributed by atoms with Gasteiger partial charge in [-0.1, -0.05) is 133 Å². The van der Waals surface area contributed by atoms with E-state index >= 15 is 0 Å². The zero-order valence-electron chi connectivity index (χ0n) is 28.7. The second-order valence-corrected chi connectivity index (χ2v) is 13.0. The molecule has 2 saturated heterocycles. The molecule has 50 heavy (non-hydrogen) atoms. The molecule has 258 valence electrons. The Hall–Kier alpha value is -5.14. The van der Waals surface area contributed by atoms with Crippen LogP contribution in [0.2, 0.25) is 0 Å². The number of nitrogens with zero attached hydrogens (tertiary/aromatic N) is 6. The Bertz CT molecular complexity index is 1590. The van der Waals surface area contributed by atoms with Gasteiger partial charge in [0.2, 0.25) is 0 Å². The molecule has 2 aliphatic heterocycles. The largest absolute Gasteiger partial charge is 0.322 e. The maximum atomic E-state index is 13.5. The highest BCUT2D eigenvalue weighted by Gasteiger charge is 2.31. The molecular weight excluding hydrogens is 622 g/mol. The van der Waals surface area contributed by atoms with Crippen LogP contribution in [0.25, 0.3) is 0 Å². The molecule has 0 bridgehead atoms. The van der Waals surface area contributed by atoms with Gasteiger partial charge in [0.15, 0.2) is 0 Å². The summed E-state index contributed by atoms with van der Waals surface area (Å²) in [6.45, 7) is 7.53. The summed E-state index contributed by atoms with van der Waals surface area (Å²) in [5.74, 6) is 6.62. The molecule has 0 spiro atoms. The molecule has 0 atom stereocenters. The molecular formula is C41H47N7O2. The van der Waals surface area contributed by atoms with Crippen molar-refractivity contribution in [1.82, 2.24) is 34.7 Å². The van der Waals surface area contributed by atoms with E-state index in [1.165, 1.54) is 0 Å². The molecule has 9 heteroatoms. The van der Waals surface area contributed by atoms with Gasteiger partial charge >= 0.3 is 12.1 Å². The minimum absolute atomic E-state index is 0.0491. The SMILES string of the molecule is O=C1N(Cc2ccccc2)CN(CC#CCNCCCN2CN(Cc3ccccc3)C(=O)N(Cc3ccccc3)C2)CN1Cc1ccccc1. The zero-order chi connectivity index (χ0) is 34.4. The number of benzene rings is 4. The standard InChI is InChI=1S/C41H47N7O2/c49-40-45(28-36-16-5-1-6-17-36)32-43(33-46(40)29-37-18-7-2-8-19-37)26-14-13-24-42-25-15-27-44-34-47(30-38-20-9-3-10-21-38)41(50)48(35-44)31-39-22-11-4-12-23-39/h1-12,16-23,42H,15,24-35H2. The minimum atomic E-state index is 0.0491. The maximum Gasteiger partial charge on any atom is 0.322 e. The summed E-state index contributed by atoms with van der Waals surface area (Å²) >= 11 is 0. The number of carbonyl (C=O) groups excluding carboxylic acids is 2. The molecule has 0 radical (unpaired) electrons. The molecule has 0 aliphatic carbocycles. The number of rotatable bonds is 14. The number of amides is 4. The highest BCUT2D eigenvalue weighted by Crippen LogP contribution is 2.19. The van der Waals surface area contributed by atoms with Crippen molar-refractivity contribution in [2.24, 2.45) is 0 Å². The third-order valence-electron chi connectivity index (χ3n) is 8.90. The van der Waals surface area contributed by atoms with Crippen molar-refractivity contribution in [2.45, 2.75) is 32.6 Å². The third-order valence-corrected chi connectivity index (χ3v) is 8.90. The van der Waals surface area contributed by atoms with Gasteiger partial charge < -0.3 is 24.9 Å². The molecule has 2 fully saturated rings. The van der Waals surface area contributed by atoms with Gasteiger partial charge in [-0.25, -0.2) is 9.59 Å². The fraction of sp³-hybridized carbons (Fsp3) is 0.317. The van der Waals surface area contributed by atoms with Crippen LogP contribution in [-0.2, 0) is 26.2 Å². The van der Waals surface area contributed by atoms with Crippen LogP contribution in [0.5, 0.6) is 0 Å². The number of carbonyl (C=O) groups is 2. The molecule has 4 aromatic carbocycles. The highest BCUT2D eigenvalue weighted by atomic mass is 16.2. The number of hydrogen-bond donors (Lipinski definition) is 1. The van der Waals surface area contributed by atoms with E-state index in [4.69, 9.17) is 0 Å². The van der Waals surface area contributed by atoms with Crippen molar-refractivity contribution in [3.05, 3.63) is 144 Å². The summed E-state index contributed by atoms with van der Waals surface area (Å²) in [6, 6.07) is 40.8. The van der Waals surface area contributed by atoms with Crippen molar-refractivity contribution < 1.29 is 9.59 Å². The van der Waals surface area contributed by atoms with E-state index in [1.54, 1.807) is 0 Å². The average molecular weight is 670 g/mol. The van der Waals surface area contributed by atoms with Crippen LogP contribution >= 0.6 is 0 Å². The second-order valence-electron chi connectivity index (χ2n) is 13.0. The summed E-state index contributed by atoms with van der Waals surface area (Å²) in [5.41, 5.74) is 4.49. The van der Waals surface area contributed by atoms with Crippen LogP contribution in [0.3, 0.4) is 0 Å². The van der Waals surface area contributed by atoms with E-state index in [9.17, 15) is 9.59 Å². The van der Waals surface area contributed by atoms with Gasteiger partial charge in [0.25, 0.3) is 0 Å². The predicted octanol–water partition coefficient (Wildman–Crippen LogP) is 5.68. The first-order valence-electron chi connectivity index (χ1n) is 17.5. The molecule has 2 heterocycles. The van der Waals surface area contributed by atoms with E-state index in [0.717, 1.165) is 41.8 Å². The lowest BCUT2D eigenvalue weighted by atomic mass is 10.2. The van der Waals surface area contributed by atoms with Gasteiger partial charge in [0.1, 0.15) is 0 Å². The smallest absolute Gasteiger partial charge is 0.307 e. The Morgan fingerprint density at radius 2 is 0.840 bits per heavy atom. The molecule has 0 saturated carbocycles. The van der Waals surface area contributed by atoms with Crippen molar-refractivity contribution in [3.8, 4) is 11.8 Å². The van der Waals surface area contributed by atoms with E-state index in [1.807, 2.05) is 92.4 Å². The van der Waals surface area contributed by atoms with Gasteiger partial charge in [0, 0.05) is 32.7 Å². The third kappa shape index (κ3) is 10.2. The zero-order valence-corrected chi connectivity index (χ0v) is 28.7. The van der Waals surface area contributed by atoms with E-state index in [-0.39, 0.29) is 12.1 Å². The lowest BCUT2D eigenvalue weighted by molar-refractivity contribution is 0.0262. The summed E-state index contributed by atoms with van der Waals surface area (Å²) in [7, 11) is 0. The Kier molecular flexibility index (Phi) is 12.5. The maximum absolute atomic E-state index is 13.5. The predicted molar refractivity (Wildman–Crippen MR) is 197 cm³/mol. The molecule has 4 aromatic rings. The molecule has 9 nitrogen and oxygen atoms in total. The number of nitrogens with one attached hydrogen (secondary N) is 1. The van der Waals surface area contributed by atoms with Gasteiger partial charge in [0.05, 0.1) is 39.8 Å². The monoisotopic (exact) mass is 669 g/mol. The van der Waals surface area contributed by atoms with Gasteiger partial charge in [-0.2, -0.15) is 0 Å². The molecule has 2 aliphatic rings. The first kappa shape index (κ1) is 34.7. The Morgan fingerprint density at radius 3 is 1.22 bits per heavy atom. The van der Waals surface area contributed by atoms with Crippen LogP contribution in [0.1, 0.15) is 28.7 Å². The van der Waals surface area contributed by atoms with Crippen LogP contribution < -0.4 is 5.32 Å². The molecule has 0 aromatic heterocycles. The van der Waals surface area contributed by atoms with Crippen molar-refractivity contribution in [3.63, 3.8) is 0 Å². The fourth-order valence-corrected chi connectivity index (χ4v) is 6.43. The van der Waals surface area contributed by atoms with Gasteiger partial charge in [-0.3, -0.25) is 9.80 Å². The molecule has 1 N–H and O–H groups in total. The number of hydrogen-bond acceptors (Lipinski definition) is 5. The Morgan fingerprint density at radius 1 is 0.480 bits per heavy atom. The van der Waals surface area contributed by atoms with Crippen LogP contribution in [0.4, 0.5) is 9.59 Å². The fourth-order valence-electron chi connectivity index (χ4n) is 6.43. The van der Waals surface area contributed by atoms with Crippen molar-refractivity contribution in [1.29, 1.82) is 0 Å². The van der Waals surface area contributed by atoms with Gasteiger partial charge in [-0.15, -0.1) is 0 Å². The second kappa shape index (κ2) is 18.0. The lowest BCUT2D eigenvalue weighted by Gasteiger charge is -2.42. The molecule has 6 rings (SSSR count). The lowest BCUT2D eigenvalue weighted by Crippen LogP contribution is -2.57.